The largest absolute Gasteiger partial charge is 0.477 e. The number of carboxylic acid groups (broad SMARTS) is 1. The summed E-state index contributed by atoms with van der Waals surface area (Å²) in [5.74, 6) is -1.29. The Kier molecular flexibility index (Phi) is 8.96. The van der Waals surface area contributed by atoms with E-state index in [1.54, 1.807) is 42.5 Å². The van der Waals surface area contributed by atoms with E-state index in [0.29, 0.717) is 52.0 Å². The minimum Gasteiger partial charge on any atom is -0.477 e. The van der Waals surface area contributed by atoms with Gasteiger partial charge in [0, 0.05) is 40.1 Å². The number of benzene rings is 2. The molecule has 0 saturated heterocycles. The quantitative estimate of drug-likeness (QED) is 0.196. The monoisotopic (exact) mass is 605 g/mol. The van der Waals surface area contributed by atoms with Crippen molar-refractivity contribution in [1.29, 1.82) is 0 Å². The van der Waals surface area contributed by atoms with Crippen LogP contribution in [0.1, 0.15) is 53.6 Å². The molecule has 0 saturated carbocycles. The van der Waals surface area contributed by atoms with Crippen LogP contribution >= 0.6 is 11.6 Å². The SMILES string of the molecule is COC(=O)Nc1ccc2c(c1)NCCCCCC(NC(=O)C=Cc1cc(Cl)ccc1-n1cnnn1)c1nc-2c(C(=O)O)[nH]1. The van der Waals surface area contributed by atoms with Crippen molar-refractivity contribution in [2.45, 2.75) is 31.7 Å². The van der Waals surface area contributed by atoms with Crippen LogP contribution in [0, 0.1) is 0 Å². The van der Waals surface area contributed by atoms with Crippen molar-refractivity contribution in [2.24, 2.45) is 0 Å². The third kappa shape index (κ3) is 6.98. The molecule has 3 heterocycles. The smallest absolute Gasteiger partial charge is 0.411 e. The number of tetrazole rings is 1. The Balaban J connectivity index is 1.45. The molecule has 2 aromatic carbocycles. The molecule has 15 heteroatoms. The third-order valence-electron chi connectivity index (χ3n) is 6.77. The summed E-state index contributed by atoms with van der Waals surface area (Å²) in [5.41, 5.74) is 2.92. The lowest BCUT2D eigenvalue weighted by Crippen LogP contribution is -2.28. The number of amides is 2. The predicted molar refractivity (Wildman–Crippen MR) is 158 cm³/mol. The number of aromatic carboxylic acids is 1. The highest BCUT2D eigenvalue weighted by molar-refractivity contribution is 6.30. The number of methoxy groups -OCH3 is 1. The molecule has 2 bridgehead atoms. The summed E-state index contributed by atoms with van der Waals surface area (Å²) in [6, 6.07) is 9.54. The average molecular weight is 606 g/mol. The van der Waals surface area contributed by atoms with Gasteiger partial charge in [0.05, 0.1) is 18.8 Å². The van der Waals surface area contributed by atoms with Crippen LogP contribution in [0.25, 0.3) is 23.0 Å². The zero-order valence-corrected chi connectivity index (χ0v) is 23.8. The van der Waals surface area contributed by atoms with Crippen LogP contribution in [0.4, 0.5) is 16.2 Å². The van der Waals surface area contributed by atoms with Gasteiger partial charge in [-0.05, 0) is 65.7 Å². The van der Waals surface area contributed by atoms with E-state index in [1.165, 1.54) is 24.2 Å². The molecule has 1 aliphatic rings. The molecule has 4 aromatic rings. The minimum atomic E-state index is -1.20. The number of rotatable bonds is 6. The summed E-state index contributed by atoms with van der Waals surface area (Å²) in [5, 5.41) is 30.6. The molecule has 0 fully saturated rings. The number of carboxylic acids is 1. The van der Waals surface area contributed by atoms with Crippen LogP contribution in [0.5, 0.6) is 0 Å². The first kappa shape index (κ1) is 29.3. The second kappa shape index (κ2) is 13.2. The third-order valence-corrected chi connectivity index (χ3v) is 7.01. The van der Waals surface area contributed by atoms with E-state index in [1.807, 2.05) is 0 Å². The average Bonchev–Trinajstić information content (AvgIpc) is 3.68. The summed E-state index contributed by atoms with van der Waals surface area (Å²) in [6.45, 7) is 0.609. The molecule has 5 N–H and O–H groups in total. The Morgan fingerprint density at radius 2 is 2.02 bits per heavy atom. The summed E-state index contributed by atoms with van der Waals surface area (Å²) < 4.78 is 6.14. The Morgan fingerprint density at radius 3 is 2.79 bits per heavy atom. The predicted octanol–water partition coefficient (Wildman–Crippen LogP) is 4.44. The fourth-order valence-electron chi connectivity index (χ4n) is 4.72. The maximum Gasteiger partial charge on any atom is 0.411 e. The summed E-state index contributed by atoms with van der Waals surface area (Å²) >= 11 is 6.19. The van der Waals surface area contributed by atoms with Crippen LogP contribution in [0.15, 0.2) is 48.8 Å². The molecule has 2 amide bonds. The topological polar surface area (TPSA) is 189 Å². The molecular weight excluding hydrogens is 578 g/mol. The molecule has 1 aliphatic heterocycles. The van der Waals surface area contributed by atoms with Crippen molar-refractivity contribution >= 4 is 47.0 Å². The van der Waals surface area contributed by atoms with Gasteiger partial charge in [0.1, 0.15) is 17.8 Å². The molecule has 222 valence electrons. The van der Waals surface area contributed by atoms with Crippen LogP contribution in [0.2, 0.25) is 5.02 Å². The number of hydrogen-bond acceptors (Lipinski definition) is 9. The van der Waals surface area contributed by atoms with Gasteiger partial charge in [0.25, 0.3) is 0 Å². The van der Waals surface area contributed by atoms with E-state index < -0.39 is 24.0 Å². The normalized spacial score (nSPS) is 15.0. The molecule has 0 spiro atoms. The number of aromatic amines is 1. The Morgan fingerprint density at radius 1 is 1.16 bits per heavy atom. The van der Waals surface area contributed by atoms with Gasteiger partial charge in [0.2, 0.25) is 5.91 Å². The number of carbonyl (C=O) groups excluding carboxylic acids is 2. The van der Waals surface area contributed by atoms with Crippen LogP contribution in [-0.4, -0.2) is 66.9 Å². The maximum absolute atomic E-state index is 13.1. The molecular formula is C28H28ClN9O5. The van der Waals surface area contributed by atoms with Gasteiger partial charge < -0.3 is 25.5 Å². The number of nitrogens with one attached hydrogen (secondary N) is 4. The first-order valence-corrected chi connectivity index (χ1v) is 13.8. The lowest BCUT2D eigenvalue weighted by Gasteiger charge is -2.17. The summed E-state index contributed by atoms with van der Waals surface area (Å²) in [7, 11) is 1.27. The highest BCUT2D eigenvalue weighted by Crippen LogP contribution is 2.34. The molecule has 14 nitrogen and oxygen atoms in total. The first-order chi connectivity index (χ1) is 20.8. The maximum atomic E-state index is 13.1. The van der Waals surface area contributed by atoms with Crippen LogP contribution < -0.4 is 16.0 Å². The zero-order valence-electron chi connectivity index (χ0n) is 23.0. The molecule has 43 heavy (non-hydrogen) atoms. The summed E-state index contributed by atoms with van der Waals surface area (Å²) in [4.78, 5) is 44.7. The Hall–Kier alpha value is -5.24. The van der Waals surface area contributed by atoms with Gasteiger partial charge in [0.15, 0.2) is 5.69 Å². The number of carbonyl (C=O) groups is 3. The lowest BCUT2D eigenvalue weighted by molar-refractivity contribution is -0.117. The Bertz CT molecular complexity index is 1670. The van der Waals surface area contributed by atoms with Crippen molar-refractivity contribution in [3.05, 3.63) is 70.9 Å². The van der Waals surface area contributed by atoms with Crippen molar-refractivity contribution in [3.8, 4) is 16.9 Å². The van der Waals surface area contributed by atoms with Crippen molar-refractivity contribution < 1.29 is 24.2 Å². The zero-order chi connectivity index (χ0) is 30.3. The van der Waals surface area contributed by atoms with E-state index >= 15 is 0 Å². The van der Waals surface area contributed by atoms with E-state index in [4.69, 9.17) is 11.6 Å². The van der Waals surface area contributed by atoms with Crippen LogP contribution in [-0.2, 0) is 9.53 Å². The van der Waals surface area contributed by atoms with Crippen molar-refractivity contribution in [2.75, 3.05) is 24.3 Å². The van der Waals surface area contributed by atoms with Gasteiger partial charge in [-0.15, -0.1) is 5.10 Å². The van der Waals surface area contributed by atoms with Gasteiger partial charge >= 0.3 is 12.1 Å². The minimum absolute atomic E-state index is 0.120. The lowest BCUT2D eigenvalue weighted by atomic mass is 10.0. The molecule has 5 rings (SSSR count). The van der Waals surface area contributed by atoms with E-state index in [2.05, 4.69) is 46.2 Å². The second-order valence-corrected chi connectivity index (χ2v) is 10.1. The number of aromatic nitrogens is 6. The molecule has 0 radical (unpaired) electrons. The number of nitrogens with zero attached hydrogens (tertiary/aromatic N) is 5. The van der Waals surface area contributed by atoms with Crippen molar-refractivity contribution in [1.82, 2.24) is 35.5 Å². The molecule has 1 unspecified atom stereocenters. The second-order valence-electron chi connectivity index (χ2n) is 9.66. The molecule has 1 atom stereocenters. The highest BCUT2D eigenvalue weighted by Gasteiger charge is 2.26. The number of fused-ring (bicyclic) bond motifs is 4. The fraction of sp³-hybridized carbons (Fsp3) is 0.250. The number of ether oxygens (including phenoxy) is 1. The number of H-pyrrole nitrogens is 1. The first-order valence-electron chi connectivity index (χ1n) is 13.4. The number of hydrogen-bond donors (Lipinski definition) is 5. The van der Waals surface area contributed by atoms with Crippen molar-refractivity contribution in [3.63, 3.8) is 0 Å². The number of imidazole rings is 1. The standard InChI is InChI=1S/C28H28ClN9O5/c1-43-28(42)32-18-8-9-19-21(14-18)30-12-4-2-3-5-20(26-34-24(19)25(35-26)27(40)41)33-23(39)11-6-16-13-17(29)7-10-22(16)38-15-31-36-37-38/h6-11,13-15,20,30H,2-5,12H2,1H3,(H,32,42)(H,33,39)(H,34,35)(H,40,41). The molecule has 2 aromatic heterocycles. The van der Waals surface area contributed by atoms with E-state index in [0.717, 1.165) is 19.3 Å². The highest BCUT2D eigenvalue weighted by atomic mass is 35.5. The summed E-state index contributed by atoms with van der Waals surface area (Å²) in [6.07, 6.45) is 6.74. The Labute approximate surface area is 250 Å². The van der Waals surface area contributed by atoms with Crippen LogP contribution in [0.3, 0.4) is 0 Å². The number of halogens is 1. The molecule has 0 aliphatic carbocycles. The fourth-order valence-corrected chi connectivity index (χ4v) is 4.91. The van der Waals surface area contributed by atoms with Gasteiger partial charge in [-0.3, -0.25) is 10.1 Å². The van der Waals surface area contributed by atoms with E-state index in [-0.39, 0.29) is 11.4 Å². The van der Waals surface area contributed by atoms with Gasteiger partial charge in [-0.25, -0.2) is 14.6 Å². The van der Waals surface area contributed by atoms with E-state index in [9.17, 15) is 19.5 Å². The van der Waals surface area contributed by atoms with Gasteiger partial charge in [-0.2, -0.15) is 4.68 Å². The van der Waals surface area contributed by atoms with Gasteiger partial charge in [-0.1, -0.05) is 24.4 Å². The number of anilines is 2.